The first-order chi connectivity index (χ1) is 11.0. The third kappa shape index (κ3) is 4.09. The molecule has 0 aromatic heterocycles. The van der Waals surface area contributed by atoms with E-state index in [9.17, 15) is 14.3 Å². The average molecular weight is 320 g/mol. The van der Waals surface area contributed by atoms with E-state index in [0.29, 0.717) is 12.0 Å². The number of amides is 1. The average Bonchev–Trinajstić information content (AvgIpc) is 3.34. The number of nitrogens with one attached hydrogen (secondary N) is 1. The summed E-state index contributed by atoms with van der Waals surface area (Å²) < 4.78 is 13.2. The molecule has 1 aliphatic carbocycles. The van der Waals surface area contributed by atoms with Crippen molar-refractivity contribution < 1.29 is 14.3 Å². The summed E-state index contributed by atoms with van der Waals surface area (Å²) in [4.78, 5) is 14.9. The van der Waals surface area contributed by atoms with Crippen LogP contribution in [0.25, 0.3) is 0 Å². The van der Waals surface area contributed by atoms with Gasteiger partial charge in [-0.3, -0.25) is 9.69 Å². The van der Waals surface area contributed by atoms with Crippen LogP contribution in [0.3, 0.4) is 0 Å². The van der Waals surface area contributed by atoms with Gasteiger partial charge in [-0.05, 0) is 69.3 Å². The Morgan fingerprint density at radius 3 is 2.35 bits per heavy atom. The summed E-state index contributed by atoms with van der Waals surface area (Å²) >= 11 is 0. The minimum Gasteiger partial charge on any atom is -0.393 e. The van der Waals surface area contributed by atoms with Crippen LogP contribution < -0.4 is 5.32 Å². The highest BCUT2D eigenvalue weighted by molar-refractivity contribution is 5.83. The van der Waals surface area contributed by atoms with Crippen LogP contribution in [0.4, 0.5) is 4.39 Å². The number of carbonyl (C=O) groups excluding carboxylic acids is 1. The highest BCUT2D eigenvalue weighted by atomic mass is 19.1. The Morgan fingerprint density at radius 1 is 1.22 bits per heavy atom. The van der Waals surface area contributed by atoms with Crippen molar-refractivity contribution in [1.29, 1.82) is 0 Å². The number of nitrogens with zero attached hydrogens (tertiary/aromatic N) is 1. The smallest absolute Gasteiger partial charge is 0.242 e. The van der Waals surface area contributed by atoms with Crippen molar-refractivity contribution >= 4 is 5.91 Å². The zero-order chi connectivity index (χ0) is 16.4. The molecule has 2 aliphatic rings. The number of piperidine rings is 1. The standard InChI is InChI=1S/C18H25FN2O2/c1-12(22)13-8-10-21(11-9-13)17(18(23)20-16-6-7-16)14-2-4-15(19)5-3-14/h2-5,12-13,16-17,22H,6-11H2,1H3,(H,20,23). The van der Waals surface area contributed by atoms with Gasteiger partial charge in [0, 0.05) is 6.04 Å². The number of hydrogen-bond acceptors (Lipinski definition) is 3. The quantitative estimate of drug-likeness (QED) is 0.875. The van der Waals surface area contributed by atoms with Crippen LogP contribution >= 0.6 is 0 Å². The maximum atomic E-state index is 13.2. The topological polar surface area (TPSA) is 52.6 Å². The molecule has 4 nitrogen and oxygen atoms in total. The molecule has 2 fully saturated rings. The fourth-order valence-electron chi connectivity index (χ4n) is 3.34. The molecule has 1 aromatic carbocycles. The van der Waals surface area contributed by atoms with Crippen LogP contribution in [0.2, 0.25) is 0 Å². The van der Waals surface area contributed by atoms with E-state index in [1.807, 2.05) is 6.92 Å². The van der Waals surface area contributed by atoms with E-state index in [4.69, 9.17) is 0 Å². The fraction of sp³-hybridized carbons (Fsp3) is 0.611. The number of likely N-dealkylation sites (tertiary alicyclic amines) is 1. The second kappa shape index (κ2) is 6.97. The summed E-state index contributed by atoms with van der Waals surface area (Å²) in [7, 11) is 0. The molecule has 5 heteroatoms. The molecule has 126 valence electrons. The van der Waals surface area contributed by atoms with Crippen LogP contribution in [-0.4, -0.2) is 41.1 Å². The Labute approximate surface area is 136 Å². The summed E-state index contributed by atoms with van der Waals surface area (Å²) in [5.74, 6) is 0.0177. The van der Waals surface area contributed by atoms with Crippen molar-refractivity contribution in [1.82, 2.24) is 10.2 Å². The predicted molar refractivity (Wildman–Crippen MR) is 86.3 cm³/mol. The summed E-state index contributed by atoms with van der Waals surface area (Å²) in [6.45, 7) is 3.38. The number of rotatable bonds is 5. The first-order valence-electron chi connectivity index (χ1n) is 8.52. The van der Waals surface area contributed by atoms with Gasteiger partial charge in [0.1, 0.15) is 11.9 Å². The highest BCUT2D eigenvalue weighted by Gasteiger charge is 2.34. The Bertz CT molecular complexity index is 534. The summed E-state index contributed by atoms with van der Waals surface area (Å²) in [5.41, 5.74) is 0.833. The summed E-state index contributed by atoms with van der Waals surface area (Å²) in [5, 5.41) is 12.8. The molecule has 1 saturated carbocycles. The minimum atomic E-state index is -0.369. The van der Waals surface area contributed by atoms with Gasteiger partial charge in [-0.1, -0.05) is 12.1 Å². The third-order valence-electron chi connectivity index (χ3n) is 4.98. The van der Waals surface area contributed by atoms with E-state index in [-0.39, 0.29) is 23.9 Å². The molecule has 2 atom stereocenters. The number of carbonyl (C=O) groups is 1. The van der Waals surface area contributed by atoms with Crippen molar-refractivity contribution in [2.45, 2.75) is 50.8 Å². The van der Waals surface area contributed by atoms with Crippen LogP contribution in [0.5, 0.6) is 0 Å². The zero-order valence-electron chi connectivity index (χ0n) is 13.5. The first-order valence-corrected chi connectivity index (χ1v) is 8.52. The monoisotopic (exact) mass is 320 g/mol. The van der Waals surface area contributed by atoms with Crippen molar-refractivity contribution in [2.24, 2.45) is 5.92 Å². The maximum Gasteiger partial charge on any atom is 0.242 e. The van der Waals surface area contributed by atoms with Crippen molar-refractivity contribution in [3.8, 4) is 0 Å². The SMILES string of the molecule is CC(O)C1CCN(C(C(=O)NC2CC2)c2ccc(F)cc2)CC1. The Morgan fingerprint density at radius 2 is 1.83 bits per heavy atom. The number of hydrogen-bond donors (Lipinski definition) is 2. The molecule has 3 rings (SSSR count). The normalized spacial score (nSPS) is 22.6. The van der Waals surface area contributed by atoms with Gasteiger partial charge < -0.3 is 10.4 Å². The molecule has 1 heterocycles. The lowest BCUT2D eigenvalue weighted by Crippen LogP contribution is -2.45. The molecular weight excluding hydrogens is 295 g/mol. The Balaban J connectivity index is 1.74. The number of aliphatic hydroxyl groups is 1. The van der Waals surface area contributed by atoms with Gasteiger partial charge in [0.25, 0.3) is 0 Å². The van der Waals surface area contributed by atoms with E-state index in [1.54, 1.807) is 12.1 Å². The van der Waals surface area contributed by atoms with E-state index in [0.717, 1.165) is 44.3 Å². The summed E-state index contributed by atoms with van der Waals surface area (Å²) in [6, 6.07) is 6.16. The van der Waals surface area contributed by atoms with Crippen molar-refractivity contribution in [3.05, 3.63) is 35.6 Å². The molecule has 0 bridgehead atoms. The van der Waals surface area contributed by atoms with Crippen LogP contribution in [0.1, 0.15) is 44.2 Å². The highest BCUT2D eigenvalue weighted by Crippen LogP contribution is 2.30. The van der Waals surface area contributed by atoms with E-state index in [1.165, 1.54) is 12.1 Å². The molecular formula is C18H25FN2O2. The Hall–Kier alpha value is -1.46. The predicted octanol–water partition coefficient (Wildman–Crippen LogP) is 2.24. The molecule has 1 aliphatic heterocycles. The van der Waals surface area contributed by atoms with Gasteiger partial charge in [-0.25, -0.2) is 4.39 Å². The lowest BCUT2D eigenvalue weighted by molar-refractivity contribution is -0.127. The minimum absolute atomic E-state index is 0.00889. The molecule has 2 unspecified atom stereocenters. The fourth-order valence-corrected chi connectivity index (χ4v) is 3.34. The molecule has 1 saturated heterocycles. The number of benzene rings is 1. The molecule has 0 spiro atoms. The molecule has 0 radical (unpaired) electrons. The van der Waals surface area contributed by atoms with E-state index >= 15 is 0 Å². The maximum absolute atomic E-state index is 13.2. The van der Waals surface area contributed by atoms with Gasteiger partial charge in [-0.15, -0.1) is 0 Å². The lowest BCUT2D eigenvalue weighted by atomic mass is 9.90. The largest absolute Gasteiger partial charge is 0.393 e. The second-order valence-electron chi connectivity index (χ2n) is 6.85. The van der Waals surface area contributed by atoms with Crippen molar-refractivity contribution in [2.75, 3.05) is 13.1 Å². The lowest BCUT2D eigenvalue weighted by Gasteiger charge is -2.37. The summed E-state index contributed by atoms with van der Waals surface area (Å²) in [6.07, 6.45) is 3.55. The molecule has 1 aromatic rings. The number of aliphatic hydroxyl groups excluding tert-OH is 1. The van der Waals surface area contributed by atoms with Crippen LogP contribution in [0.15, 0.2) is 24.3 Å². The van der Waals surface area contributed by atoms with Crippen molar-refractivity contribution in [3.63, 3.8) is 0 Å². The second-order valence-corrected chi connectivity index (χ2v) is 6.85. The van der Waals surface area contributed by atoms with Gasteiger partial charge >= 0.3 is 0 Å². The van der Waals surface area contributed by atoms with E-state index in [2.05, 4.69) is 10.2 Å². The van der Waals surface area contributed by atoms with Crippen LogP contribution in [-0.2, 0) is 4.79 Å². The third-order valence-corrected chi connectivity index (χ3v) is 4.98. The van der Waals surface area contributed by atoms with E-state index < -0.39 is 0 Å². The molecule has 2 N–H and O–H groups in total. The Kier molecular flexibility index (Phi) is 4.97. The molecule has 23 heavy (non-hydrogen) atoms. The van der Waals surface area contributed by atoms with Gasteiger partial charge in [0.15, 0.2) is 0 Å². The zero-order valence-corrected chi connectivity index (χ0v) is 13.5. The number of halogens is 1. The van der Waals surface area contributed by atoms with Gasteiger partial charge in [-0.2, -0.15) is 0 Å². The van der Waals surface area contributed by atoms with Crippen LogP contribution in [0, 0.1) is 11.7 Å². The first kappa shape index (κ1) is 16.4. The van der Waals surface area contributed by atoms with Gasteiger partial charge in [0.05, 0.1) is 6.10 Å². The van der Waals surface area contributed by atoms with Gasteiger partial charge in [0.2, 0.25) is 5.91 Å². The molecule has 1 amide bonds.